The lowest BCUT2D eigenvalue weighted by molar-refractivity contribution is -0.109. The highest BCUT2D eigenvalue weighted by Crippen LogP contribution is 2.25. The molecule has 0 spiro atoms. The first kappa shape index (κ1) is 8.59. The van der Waals surface area contributed by atoms with Crippen LogP contribution in [0.25, 0.3) is 0 Å². The average Bonchev–Trinajstić information content (AvgIpc) is 2.15. The van der Waals surface area contributed by atoms with E-state index < -0.39 is 0 Å². The molecule has 0 fully saturated rings. The highest BCUT2D eigenvalue weighted by Gasteiger charge is 2.00. The Balaban J connectivity index is 2.74. The molecule has 0 aliphatic heterocycles. The quantitative estimate of drug-likeness (QED) is 0.632. The Morgan fingerprint density at radius 2 is 2.00 bits per heavy atom. The summed E-state index contributed by atoms with van der Waals surface area (Å²) in [4.78, 5) is 10.0. The average molecular weight is 166 g/mol. The van der Waals surface area contributed by atoms with Gasteiger partial charge in [0.05, 0.1) is 7.11 Å². The van der Waals surface area contributed by atoms with Gasteiger partial charge in [0.25, 0.3) is 0 Å². The Morgan fingerprint density at radius 3 is 2.58 bits per heavy atom. The Morgan fingerprint density at radius 1 is 1.33 bits per heavy atom. The maximum atomic E-state index is 10.0. The zero-order valence-electron chi connectivity index (χ0n) is 6.82. The standard InChI is InChI=1S/C9H10O3/c1-11-8-4-2-3-5-9(8)12-7-6-10/h2-6H,7H2,1H3. The summed E-state index contributed by atoms with van der Waals surface area (Å²) in [5.41, 5.74) is 0. The van der Waals surface area contributed by atoms with Crippen molar-refractivity contribution in [1.29, 1.82) is 0 Å². The fraction of sp³-hybridized carbons (Fsp3) is 0.222. The third-order valence-electron chi connectivity index (χ3n) is 1.38. The van der Waals surface area contributed by atoms with Crippen LogP contribution in [0.1, 0.15) is 0 Å². The third-order valence-corrected chi connectivity index (χ3v) is 1.38. The molecular weight excluding hydrogens is 156 g/mol. The van der Waals surface area contributed by atoms with E-state index in [1.54, 1.807) is 19.2 Å². The molecule has 0 aliphatic carbocycles. The fourth-order valence-corrected chi connectivity index (χ4v) is 0.862. The van der Waals surface area contributed by atoms with Crippen LogP contribution in [-0.4, -0.2) is 20.0 Å². The lowest BCUT2D eigenvalue weighted by Gasteiger charge is -2.06. The number of carbonyl (C=O) groups is 1. The Bertz CT molecular complexity index is 258. The Labute approximate surface area is 70.9 Å². The van der Waals surface area contributed by atoms with Crippen molar-refractivity contribution in [3.05, 3.63) is 24.3 Å². The van der Waals surface area contributed by atoms with Crippen molar-refractivity contribution in [2.45, 2.75) is 0 Å². The minimum Gasteiger partial charge on any atom is -0.493 e. The molecule has 0 saturated carbocycles. The first-order valence-electron chi connectivity index (χ1n) is 3.58. The summed E-state index contributed by atoms with van der Waals surface area (Å²) < 4.78 is 10.1. The van der Waals surface area contributed by atoms with Gasteiger partial charge in [-0.15, -0.1) is 0 Å². The SMILES string of the molecule is COc1ccccc1OCC=O. The van der Waals surface area contributed by atoms with Crippen molar-refractivity contribution in [3.63, 3.8) is 0 Å². The van der Waals surface area contributed by atoms with E-state index in [9.17, 15) is 4.79 Å². The van der Waals surface area contributed by atoms with Gasteiger partial charge < -0.3 is 9.47 Å². The molecule has 0 aliphatic rings. The molecule has 0 atom stereocenters. The van der Waals surface area contributed by atoms with E-state index in [-0.39, 0.29) is 6.61 Å². The molecule has 0 unspecified atom stereocenters. The summed E-state index contributed by atoms with van der Waals surface area (Å²) in [7, 11) is 1.56. The number of rotatable bonds is 4. The molecule has 1 aromatic carbocycles. The number of carbonyl (C=O) groups excluding carboxylic acids is 1. The molecule has 0 amide bonds. The smallest absolute Gasteiger partial charge is 0.161 e. The van der Waals surface area contributed by atoms with Crippen molar-refractivity contribution in [3.8, 4) is 11.5 Å². The Hall–Kier alpha value is -1.51. The second-order valence-corrected chi connectivity index (χ2v) is 2.13. The van der Waals surface area contributed by atoms with Crippen LogP contribution in [0.3, 0.4) is 0 Å². The molecule has 0 saturated heterocycles. The first-order valence-corrected chi connectivity index (χ1v) is 3.58. The predicted molar refractivity (Wildman–Crippen MR) is 44.6 cm³/mol. The van der Waals surface area contributed by atoms with E-state index in [1.165, 1.54) is 0 Å². The van der Waals surface area contributed by atoms with Gasteiger partial charge in [-0.25, -0.2) is 0 Å². The van der Waals surface area contributed by atoms with E-state index >= 15 is 0 Å². The largest absolute Gasteiger partial charge is 0.493 e. The van der Waals surface area contributed by atoms with Crippen LogP contribution < -0.4 is 9.47 Å². The molecule has 0 heterocycles. The van der Waals surface area contributed by atoms with Crippen LogP contribution in [0.4, 0.5) is 0 Å². The summed E-state index contributed by atoms with van der Waals surface area (Å²) in [5.74, 6) is 1.23. The molecule has 0 bridgehead atoms. The van der Waals surface area contributed by atoms with E-state index in [1.807, 2.05) is 12.1 Å². The number of hydrogen-bond acceptors (Lipinski definition) is 3. The van der Waals surface area contributed by atoms with E-state index in [4.69, 9.17) is 9.47 Å². The third kappa shape index (κ3) is 1.99. The summed E-state index contributed by atoms with van der Waals surface area (Å²) in [6.07, 6.45) is 0.701. The molecular formula is C9H10O3. The lowest BCUT2D eigenvalue weighted by Crippen LogP contribution is -1.99. The number of methoxy groups -OCH3 is 1. The van der Waals surface area contributed by atoms with Gasteiger partial charge in [0.2, 0.25) is 0 Å². The lowest BCUT2D eigenvalue weighted by atomic mass is 10.3. The van der Waals surface area contributed by atoms with Gasteiger partial charge >= 0.3 is 0 Å². The highest BCUT2D eigenvalue weighted by molar-refractivity contribution is 5.52. The zero-order chi connectivity index (χ0) is 8.81. The molecule has 0 N–H and O–H groups in total. The van der Waals surface area contributed by atoms with Gasteiger partial charge in [0, 0.05) is 0 Å². The van der Waals surface area contributed by atoms with Gasteiger partial charge in [0.15, 0.2) is 17.8 Å². The minimum absolute atomic E-state index is 0.0559. The van der Waals surface area contributed by atoms with Gasteiger partial charge in [-0.3, -0.25) is 4.79 Å². The maximum Gasteiger partial charge on any atom is 0.161 e. The monoisotopic (exact) mass is 166 g/mol. The molecule has 12 heavy (non-hydrogen) atoms. The van der Waals surface area contributed by atoms with Crippen LogP contribution in [-0.2, 0) is 4.79 Å². The second kappa shape index (κ2) is 4.38. The molecule has 3 nitrogen and oxygen atoms in total. The van der Waals surface area contributed by atoms with Crippen molar-refractivity contribution >= 4 is 6.29 Å². The van der Waals surface area contributed by atoms with Crippen LogP contribution in [0.5, 0.6) is 11.5 Å². The van der Waals surface area contributed by atoms with Gasteiger partial charge in [-0.1, -0.05) is 12.1 Å². The Kier molecular flexibility index (Phi) is 3.14. The molecule has 0 aromatic heterocycles. The normalized spacial score (nSPS) is 9.08. The summed E-state index contributed by atoms with van der Waals surface area (Å²) in [5, 5.41) is 0. The van der Waals surface area contributed by atoms with Crippen LogP contribution >= 0.6 is 0 Å². The zero-order valence-corrected chi connectivity index (χ0v) is 6.82. The molecule has 0 radical (unpaired) electrons. The van der Waals surface area contributed by atoms with Crippen molar-refractivity contribution in [2.75, 3.05) is 13.7 Å². The van der Waals surface area contributed by atoms with E-state index in [2.05, 4.69) is 0 Å². The first-order chi connectivity index (χ1) is 5.88. The second-order valence-electron chi connectivity index (χ2n) is 2.13. The van der Waals surface area contributed by atoms with Crippen molar-refractivity contribution in [2.24, 2.45) is 0 Å². The van der Waals surface area contributed by atoms with Gasteiger partial charge in [-0.2, -0.15) is 0 Å². The summed E-state index contributed by atoms with van der Waals surface area (Å²) >= 11 is 0. The van der Waals surface area contributed by atoms with Crippen molar-refractivity contribution < 1.29 is 14.3 Å². The predicted octanol–water partition coefficient (Wildman–Crippen LogP) is 1.27. The van der Waals surface area contributed by atoms with Gasteiger partial charge in [0.1, 0.15) is 6.61 Å². The molecule has 1 aromatic rings. The summed E-state index contributed by atoms with van der Waals surface area (Å²) in [6.45, 7) is 0.0559. The molecule has 64 valence electrons. The van der Waals surface area contributed by atoms with Gasteiger partial charge in [-0.05, 0) is 12.1 Å². The fourth-order valence-electron chi connectivity index (χ4n) is 0.862. The maximum absolute atomic E-state index is 10.0. The number of ether oxygens (including phenoxy) is 2. The number of hydrogen-bond donors (Lipinski definition) is 0. The van der Waals surface area contributed by atoms with Crippen LogP contribution in [0.15, 0.2) is 24.3 Å². The molecule has 1 rings (SSSR count). The van der Waals surface area contributed by atoms with E-state index in [0.29, 0.717) is 17.8 Å². The van der Waals surface area contributed by atoms with Crippen LogP contribution in [0, 0.1) is 0 Å². The molecule has 3 heteroatoms. The number of para-hydroxylation sites is 2. The topological polar surface area (TPSA) is 35.5 Å². The highest BCUT2D eigenvalue weighted by atomic mass is 16.5. The van der Waals surface area contributed by atoms with E-state index in [0.717, 1.165) is 0 Å². The van der Waals surface area contributed by atoms with Crippen molar-refractivity contribution in [1.82, 2.24) is 0 Å². The van der Waals surface area contributed by atoms with Crippen LogP contribution in [0.2, 0.25) is 0 Å². The minimum atomic E-state index is 0.0559. The summed E-state index contributed by atoms with van der Waals surface area (Å²) in [6, 6.07) is 7.19. The number of benzene rings is 1. The number of aldehydes is 1.